The molecular weight excluding hydrogens is 205 g/mol. The molecular formula is C6H6F7. The molecule has 0 aliphatic heterocycles. The van der Waals surface area contributed by atoms with Gasteiger partial charge in [-0.25, -0.2) is 13.2 Å². The minimum absolute atomic E-state index is 1.65. The molecule has 7 heteroatoms. The van der Waals surface area contributed by atoms with Crippen LogP contribution >= 0.6 is 0 Å². The van der Waals surface area contributed by atoms with Gasteiger partial charge in [0, 0.05) is 6.42 Å². The third-order valence-corrected chi connectivity index (χ3v) is 1.37. The molecule has 0 aliphatic carbocycles. The minimum Gasteiger partial charge on any atom is -0.234 e. The van der Waals surface area contributed by atoms with Gasteiger partial charge in [0.1, 0.15) is 0 Å². The largest absolute Gasteiger partial charge is 0.346 e. The van der Waals surface area contributed by atoms with Crippen LogP contribution in [0.15, 0.2) is 0 Å². The van der Waals surface area contributed by atoms with Gasteiger partial charge in [0.15, 0.2) is 0 Å². The highest BCUT2D eigenvalue weighted by Gasteiger charge is 2.63. The van der Waals surface area contributed by atoms with Crippen LogP contribution in [0.2, 0.25) is 0 Å². The van der Waals surface area contributed by atoms with Crippen LogP contribution in [0.5, 0.6) is 0 Å². The van der Waals surface area contributed by atoms with E-state index in [1.54, 1.807) is 0 Å². The summed E-state index contributed by atoms with van der Waals surface area (Å²) < 4.78 is 83.5. The van der Waals surface area contributed by atoms with E-state index in [0.717, 1.165) is 0 Å². The first kappa shape index (κ1) is 12.5. The maximum absolute atomic E-state index is 12.2. The van der Waals surface area contributed by atoms with E-state index >= 15 is 0 Å². The lowest BCUT2D eigenvalue weighted by molar-refractivity contribution is -0.255. The van der Waals surface area contributed by atoms with Crippen LogP contribution in [0.1, 0.15) is 6.42 Å². The first-order valence-electron chi connectivity index (χ1n) is 3.14. The van der Waals surface area contributed by atoms with Gasteiger partial charge in [0.2, 0.25) is 6.17 Å². The highest BCUT2D eigenvalue weighted by atomic mass is 19.3. The number of alkyl halides is 7. The molecule has 1 atom stereocenters. The van der Waals surface area contributed by atoms with Crippen molar-refractivity contribution in [3.8, 4) is 0 Å². The molecule has 0 bridgehead atoms. The molecule has 0 aromatic carbocycles. The maximum Gasteiger partial charge on any atom is 0.346 e. The molecule has 0 spiro atoms. The maximum atomic E-state index is 12.2. The van der Waals surface area contributed by atoms with Gasteiger partial charge in [-0.2, -0.15) is 17.6 Å². The van der Waals surface area contributed by atoms with Crippen LogP contribution in [0.3, 0.4) is 0 Å². The molecule has 0 saturated heterocycles. The van der Waals surface area contributed by atoms with E-state index in [2.05, 4.69) is 6.92 Å². The zero-order chi connectivity index (χ0) is 10.9. The van der Waals surface area contributed by atoms with Crippen LogP contribution in [-0.2, 0) is 0 Å². The second kappa shape index (κ2) is 3.71. The summed E-state index contributed by atoms with van der Waals surface area (Å²) in [6, 6.07) is 0. The Morgan fingerprint density at radius 3 is 1.62 bits per heavy atom. The Morgan fingerprint density at radius 1 is 1.00 bits per heavy atom. The molecule has 0 N–H and O–H groups in total. The number of hydrogen-bond donors (Lipinski definition) is 0. The van der Waals surface area contributed by atoms with Crippen molar-refractivity contribution in [1.29, 1.82) is 0 Å². The van der Waals surface area contributed by atoms with Crippen molar-refractivity contribution in [3.63, 3.8) is 0 Å². The molecule has 1 radical (unpaired) electrons. The molecule has 0 nitrogen and oxygen atoms in total. The fourth-order valence-electron chi connectivity index (χ4n) is 0.527. The highest BCUT2D eigenvalue weighted by Crippen LogP contribution is 2.42. The molecule has 0 aromatic rings. The van der Waals surface area contributed by atoms with E-state index in [9.17, 15) is 30.7 Å². The minimum atomic E-state index is -5.39. The summed E-state index contributed by atoms with van der Waals surface area (Å²) in [5.74, 6) is -10.2. The standard InChI is InChI=1S/C6H6F7/c1-2-5(10,11)6(12,13)3(7)4(8)9/h3-4H,1-2H2/t3-/m0/s1. The normalized spacial score (nSPS) is 16.4. The van der Waals surface area contributed by atoms with E-state index in [4.69, 9.17) is 0 Å². The zero-order valence-corrected chi connectivity index (χ0v) is 6.21. The Kier molecular flexibility index (Phi) is 3.57. The summed E-state index contributed by atoms with van der Waals surface area (Å²) >= 11 is 0. The van der Waals surface area contributed by atoms with Crippen molar-refractivity contribution in [2.45, 2.75) is 30.9 Å². The second-order valence-corrected chi connectivity index (χ2v) is 2.31. The van der Waals surface area contributed by atoms with E-state index in [-0.39, 0.29) is 0 Å². The van der Waals surface area contributed by atoms with Crippen LogP contribution in [0.4, 0.5) is 30.7 Å². The van der Waals surface area contributed by atoms with Gasteiger partial charge in [0.25, 0.3) is 6.43 Å². The molecule has 0 fully saturated rings. The Bertz CT molecular complexity index is 164. The SMILES string of the molecule is [CH2]CC(F)(F)C(F)(F)[C@@H](F)C(F)F. The molecule has 0 aromatic heterocycles. The van der Waals surface area contributed by atoms with Crippen LogP contribution in [-0.4, -0.2) is 24.4 Å². The first-order valence-corrected chi connectivity index (χ1v) is 3.14. The topological polar surface area (TPSA) is 0 Å². The summed E-state index contributed by atoms with van der Waals surface area (Å²) in [6.07, 6.45) is -9.97. The predicted octanol–water partition coefficient (Wildman–Crippen LogP) is 3.08. The third-order valence-electron chi connectivity index (χ3n) is 1.37. The smallest absolute Gasteiger partial charge is 0.234 e. The fourth-order valence-corrected chi connectivity index (χ4v) is 0.527. The Hall–Kier alpha value is -0.490. The van der Waals surface area contributed by atoms with E-state index < -0.39 is 30.9 Å². The average molecular weight is 211 g/mol. The highest BCUT2D eigenvalue weighted by molar-refractivity contribution is 4.92. The number of rotatable bonds is 4. The van der Waals surface area contributed by atoms with Gasteiger partial charge in [0.05, 0.1) is 0 Å². The lowest BCUT2D eigenvalue weighted by Gasteiger charge is -2.27. The fraction of sp³-hybridized carbons (Fsp3) is 0.833. The molecule has 0 rings (SSSR count). The summed E-state index contributed by atoms with van der Waals surface area (Å²) in [6.45, 7) is 2.42. The third kappa shape index (κ3) is 2.25. The van der Waals surface area contributed by atoms with Crippen LogP contribution < -0.4 is 0 Å². The molecule has 0 heterocycles. The van der Waals surface area contributed by atoms with Crippen LogP contribution in [0.25, 0.3) is 0 Å². The van der Waals surface area contributed by atoms with Crippen molar-refractivity contribution in [1.82, 2.24) is 0 Å². The Labute approximate surface area is 69.7 Å². The van der Waals surface area contributed by atoms with E-state index in [0.29, 0.717) is 0 Å². The lowest BCUT2D eigenvalue weighted by atomic mass is 10.1. The molecule has 0 aliphatic rings. The molecule has 0 saturated carbocycles. The zero-order valence-electron chi connectivity index (χ0n) is 6.21. The van der Waals surface area contributed by atoms with E-state index in [1.807, 2.05) is 0 Å². The summed E-state index contributed by atoms with van der Waals surface area (Å²) in [7, 11) is 0. The van der Waals surface area contributed by atoms with Crippen molar-refractivity contribution in [2.24, 2.45) is 0 Å². The molecule has 0 amide bonds. The average Bonchev–Trinajstić information content (AvgIpc) is 2.02. The van der Waals surface area contributed by atoms with Crippen molar-refractivity contribution >= 4 is 0 Å². The van der Waals surface area contributed by atoms with Gasteiger partial charge in [-0.15, -0.1) is 0 Å². The number of hydrogen-bond acceptors (Lipinski definition) is 0. The molecule has 79 valence electrons. The van der Waals surface area contributed by atoms with Gasteiger partial charge in [-0.1, -0.05) is 0 Å². The molecule has 0 unspecified atom stereocenters. The summed E-state index contributed by atoms with van der Waals surface area (Å²) in [4.78, 5) is 0. The van der Waals surface area contributed by atoms with E-state index in [1.165, 1.54) is 0 Å². The number of halogens is 7. The van der Waals surface area contributed by atoms with Gasteiger partial charge < -0.3 is 0 Å². The monoisotopic (exact) mass is 211 g/mol. The second-order valence-electron chi connectivity index (χ2n) is 2.31. The Morgan fingerprint density at radius 2 is 1.38 bits per heavy atom. The predicted molar refractivity (Wildman–Crippen MR) is 30.8 cm³/mol. The first-order chi connectivity index (χ1) is 5.66. The van der Waals surface area contributed by atoms with Gasteiger partial charge in [-0.3, -0.25) is 0 Å². The summed E-state index contributed by atoms with van der Waals surface area (Å²) in [5, 5.41) is 0. The van der Waals surface area contributed by atoms with Gasteiger partial charge >= 0.3 is 11.8 Å². The van der Waals surface area contributed by atoms with Gasteiger partial charge in [-0.05, 0) is 6.92 Å². The van der Waals surface area contributed by atoms with Crippen molar-refractivity contribution < 1.29 is 30.7 Å². The van der Waals surface area contributed by atoms with Crippen LogP contribution in [0, 0.1) is 6.92 Å². The lowest BCUT2D eigenvalue weighted by Crippen LogP contribution is -2.50. The Balaban J connectivity index is 4.74. The van der Waals surface area contributed by atoms with Crippen molar-refractivity contribution in [2.75, 3.05) is 0 Å². The van der Waals surface area contributed by atoms with Crippen molar-refractivity contribution in [3.05, 3.63) is 6.92 Å². The molecule has 13 heavy (non-hydrogen) atoms. The quantitative estimate of drug-likeness (QED) is 0.627. The summed E-state index contributed by atoms with van der Waals surface area (Å²) in [5.41, 5.74) is 0.